The van der Waals surface area contributed by atoms with E-state index in [4.69, 9.17) is 23.3 Å². The van der Waals surface area contributed by atoms with Gasteiger partial charge in [-0.25, -0.2) is 4.39 Å². The highest BCUT2D eigenvalue weighted by molar-refractivity contribution is 7.56. The number of ketones is 1. The standard InChI is InChI=1S/C23H38FO7P/c1-21(2,3)17-13-16(20(25)23(7,24)32(26,28-9)29-10)14-18(22(4,5)6)19(17)31-15-30-12-11-27-8/h13-14H,11-12,15H2,1-10H3. The maximum Gasteiger partial charge on any atom is 0.374 e. The first-order valence-electron chi connectivity index (χ1n) is 10.4. The Kier molecular flexibility index (Phi) is 9.64. The zero-order valence-corrected chi connectivity index (χ0v) is 21.9. The molecular formula is C23H38FO7P. The summed E-state index contributed by atoms with van der Waals surface area (Å²) in [4.78, 5) is 13.2. The van der Waals surface area contributed by atoms with Crippen molar-refractivity contribution in [1.29, 1.82) is 0 Å². The van der Waals surface area contributed by atoms with Crippen LogP contribution in [0.2, 0.25) is 0 Å². The van der Waals surface area contributed by atoms with Crippen LogP contribution < -0.4 is 4.74 Å². The molecular weight excluding hydrogens is 438 g/mol. The molecule has 1 unspecified atom stereocenters. The number of alkyl halides is 1. The molecule has 9 heteroatoms. The van der Waals surface area contributed by atoms with Crippen LogP contribution in [0.15, 0.2) is 12.1 Å². The number of ether oxygens (including phenoxy) is 3. The number of carbonyl (C=O) groups is 1. The Bertz CT molecular complexity index is 795. The number of methoxy groups -OCH3 is 1. The number of hydrogen-bond acceptors (Lipinski definition) is 7. The van der Waals surface area contributed by atoms with Gasteiger partial charge in [-0.15, -0.1) is 0 Å². The largest absolute Gasteiger partial charge is 0.467 e. The molecule has 184 valence electrons. The SMILES string of the molecule is COCCOCOc1c(C(C)(C)C)cc(C(=O)C(C)(F)P(=O)(OC)OC)cc1C(C)(C)C. The van der Waals surface area contributed by atoms with Crippen molar-refractivity contribution in [3.05, 3.63) is 28.8 Å². The van der Waals surface area contributed by atoms with E-state index in [2.05, 4.69) is 0 Å². The van der Waals surface area contributed by atoms with E-state index >= 15 is 4.39 Å². The van der Waals surface area contributed by atoms with Crippen LogP contribution >= 0.6 is 7.60 Å². The van der Waals surface area contributed by atoms with Crippen LogP contribution in [0, 0.1) is 0 Å². The normalized spacial score (nSPS) is 14.8. The minimum absolute atomic E-state index is 0.00775. The first kappa shape index (κ1) is 28.7. The third-order valence-electron chi connectivity index (χ3n) is 5.09. The lowest BCUT2D eigenvalue weighted by atomic mass is 9.78. The molecule has 1 rings (SSSR count). The van der Waals surface area contributed by atoms with Crippen molar-refractivity contribution in [3.63, 3.8) is 0 Å². The molecule has 0 aliphatic heterocycles. The fourth-order valence-corrected chi connectivity index (χ4v) is 4.35. The minimum Gasteiger partial charge on any atom is -0.467 e. The Labute approximate surface area is 191 Å². The van der Waals surface area contributed by atoms with Gasteiger partial charge in [0.1, 0.15) is 5.75 Å². The summed E-state index contributed by atoms with van der Waals surface area (Å²) in [6.45, 7) is 13.5. The van der Waals surface area contributed by atoms with Crippen LogP contribution in [0.4, 0.5) is 4.39 Å². The van der Waals surface area contributed by atoms with Gasteiger partial charge in [0.15, 0.2) is 6.79 Å². The Morgan fingerprint density at radius 3 is 1.75 bits per heavy atom. The second-order valence-corrected chi connectivity index (χ2v) is 12.3. The smallest absolute Gasteiger partial charge is 0.374 e. The first-order valence-corrected chi connectivity index (χ1v) is 11.9. The molecule has 0 bridgehead atoms. The van der Waals surface area contributed by atoms with Crippen molar-refractivity contribution in [2.24, 2.45) is 0 Å². The molecule has 1 atom stereocenters. The molecule has 0 amide bonds. The molecule has 0 saturated heterocycles. The van der Waals surface area contributed by atoms with Crippen LogP contribution in [0.5, 0.6) is 5.75 Å². The van der Waals surface area contributed by atoms with Crippen LogP contribution in [0.25, 0.3) is 0 Å². The summed E-state index contributed by atoms with van der Waals surface area (Å²) in [6.07, 6.45) is 0. The molecule has 7 nitrogen and oxygen atoms in total. The summed E-state index contributed by atoms with van der Waals surface area (Å²) in [5.41, 5.74) is 0.564. The van der Waals surface area contributed by atoms with Gasteiger partial charge >= 0.3 is 7.60 Å². The minimum atomic E-state index is -4.34. The molecule has 0 saturated carbocycles. The molecule has 0 fully saturated rings. The average Bonchev–Trinajstić information content (AvgIpc) is 2.70. The monoisotopic (exact) mass is 476 g/mol. The van der Waals surface area contributed by atoms with E-state index in [0.717, 1.165) is 21.1 Å². The van der Waals surface area contributed by atoms with Crippen molar-refractivity contribution in [1.82, 2.24) is 0 Å². The van der Waals surface area contributed by atoms with E-state index < -0.39 is 29.6 Å². The Morgan fingerprint density at radius 1 is 0.906 bits per heavy atom. The molecule has 0 spiro atoms. The summed E-state index contributed by atoms with van der Waals surface area (Å²) in [6, 6.07) is 3.16. The lowest BCUT2D eigenvalue weighted by molar-refractivity contribution is -0.00992. The van der Waals surface area contributed by atoms with E-state index in [0.29, 0.717) is 30.1 Å². The van der Waals surface area contributed by atoms with Gasteiger partial charge in [-0.3, -0.25) is 9.36 Å². The lowest BCUT2D eigenvalue weighted by Gasteiger charge is -2.32. The number of carbonyl (C=O) groups excluding carboxylic acids is 1. The van der Waals surface area contributed by atoms with Crippen molar-refractivity contribution in [3.8, 4) is 5.75 Å². The van der Waals surface area contributed by atoms with Crippen LogP contribution in [0.1, 0.15) is 70.0 Å². The highest BCUT2D eigenvalue weighted by Gasteiger charge is 2.53. The maximum atomic E-state index is 15.6. The Balaban J connectivity index is 3.64. The quantitative estimate of drug-likeness (QED) is 0.177. The van der Waals surface area contributed by atoms with Crippen molar-refractivity contribution in [2.45, 2.75) is 64.7 Å². The van der Waals surface area contributed by atoms with Gasteiger partial charge in [0, 0.05) is 38.0 Å². The predicted molar refractivity (Wildman–Crippen MR) is 123 cm³/mol. The molecule has 0 N–H and O–H groups in total. The van der Waals surface area contributed by atoms with Gasteiger partial charge in [0.2, 0.25) is 5.78 Å². The summed E-state index contributed by atoms with van der Waals surface area (Å²) >= 11 is 0. The zero-order valence-electron chi connectivity index (χ0n) is 21.0. The molecule has 32 heavy (non-hydrogen) atoms. The number of hydrogen-bond donors (Lipinski definition) is 0. The maximum absolute atomic E-state index is 15.6. The Hall–Kier alpha value is -1.31. The number of halogens is 1. The number of rotatable bonds is 11. The fourth-order valence-electron chi connectivity index (χ4n) is 3.14. The topological polar surface area (TPSA) is 80.3 Å². The second-order valence-electron chi connectivity index (χ2n) is 9.71. The second kappa shape index (κ2) is 10.7. The third kappa shape index (κ3) is 6.39. The van der Waals surface area contributed by atoms with Crippen LogP contribution in [0.3, 0.4) is 0 Å². The van der Waals surface area contributed by atoms with Gasteiger partial charge < -0.3 is 23.3 Å². The molecule has 0 aliphatic rings. The third-order valence-corrected chi connectivity index (χ3v) is 7.29. The summed E-state index contributed by atoms with van der Waals surface area (Å²) in [5, 5.41) is -2.87. The van der Waals surface area contributed by atoms with Crippen molar-refractivity contribution < 1.29 is 37.0 Å². The lowest BCUT2D eigenvalue weighted by Crippen LogP contribution is -2.32. The molecule has 0 radical (unpaired) electrons. The van der Waals surface area contributed by atoms with Crippen LogP contribution in [-0.2, 0) is 33.9 Å². The number of benzene rings is 1. The average molecular weight is 477 g/mol. The molecule has 0 aliphatic carbocycles. The first-order chi connectivity index (χ1) is 14.6. The Morgan fingerprint density at radius 2 is 1.38 bits per heavy atom. The van der Waals surface area contributed by atoms with E-state index in [1.54, 1.807) is 19.2 Å². The molecule has 0 heterocycles. The summed E-state index contributed by atoms with van der Waals surface area (Å²) in [7, 11) is -0.648. The van der Waals surface area contributed by atoms with Gasteiger partial charge in [0.25, 0.3) is 5.41 Å². The molecule has 1 aromatic rings. The van der Waals surface area contributed by atoms with Crippen LogP contribution in [-0.4, -0.2) is 52.5 Å². The van der Waals surface area contributed by atoms with Gasteiger partial charge in [0.05, 0.1) is 13.2 Å². The van der Waals surface area contributed by atoms with E-state index in [1.807, 2.05) is 41.5 Å². The fraction of sp³-hybridized carbons (Fsp3) is 0.696. The highest BCUT2D eigenvalue weighted by atomic mass is 31.2. The van der Waals surface area contributed by atoms with E-state index in [1.165, 1.54) is 0 Å². The summed E-state index contributed by atoms with van der Waals surface area (Å²) < 4.78 is 54.4. The molecule has 0 aromatic heterocycles. The summed E-state index contributed by atoms with van der Waals surface area (Å²) in [5.74, 6) is -0.412. The van der Waals surface area contributed by atoms with E-state index in [-0.39, 0.29) is 12.4 Å². The zero-order chi connectivity index (χ0) is 25.0. The van der Waals surface area contributed by atoms with E-state index in [9.17, 15) is 9.36 Å². The molecule has 1 aromatic carbocycles. The van der Waals surface area contributed by atoms with Gasteiger partial charge in [-0.2, -0.15) is 0 Å². The van der Waals surface area contributed by atoms with Gasteiger partial charge in [-0.05, 0) is 29.9 Å². The number of Topliss-reactive ketones (excluding diaryl/α,β-unsaturated/α-hetero) is 1. The van der Waals surface area contributed by atoms with Crippen molar-refractivity contribution >= 4 is 13.4 Å². The van der Waals surface area contributed by atoms with Crippen molar-refractivity contribution in [2.75, 3.05) is 41.3 Å². The van der Waals surface area contributed by atoms with Gasteiger partial charge in [-0.1, -0.05) is 41.5 Å². The highest BCUT2D eigenvalue weighted by Crippen LogP contribution is 2.61. The predicted octanol–water partition coefficient (Wildman–Crippen LogP) is 5.64.